The standard InChI is InChI=1S/C16H21Cl2N3O/c1-20(8-21-16(22)14(18)13(17)7-19-21)15-11-3-9-2-10(5-11)6-12(15)4-9/h7,9-12,15H,2-6,8H2,1H3. The van der Waals surface area contributed by atoms with Crippen LogP contribution in [-0.2, 0) is 6.67 Å². The SMILES string of the molecule is CN(Cn1ncc(Cl)c(Cl)c1=O)C1C2CC3CC(C2)CC1C3. The Morgan fingerprint density at radius 3 is 2.36 bits per heavy atom. The lowest BCUT2D eigenvalue weighted by atomic mass is 9.54. The second-order valence-corrected chi connectivity index (χ2v) is 8.22. The molecule has 4 aliphatic rings. The first kappa shape index (κ1) is 15.0. The Kier molecular flexibility index (Phi) is 3.74. The highest BCUT2D eigenvalue weighted by molar-refractivity contribution is 6.41. The second-order valence-electron chi connectivity index (χ2n) is 7.43. The van der Waals surface area contributed by atoms with Crippen molar-refractivity contribution >= 4 is 23.2 Å². The van der Waals surface area contributed by atoms with Crippen molar-refractivity contribution in [2.24, 2.45) is 23.7 Å². The zero-order valence-electron chi connectivity index (χ0n) is 12.7. The Hall–Kier alpha value is -0.580. The van der Waals surface area contributed by atoms with E-state index in [-0.39, 0.29) is 15.6 Å². The number of nitrogens with zero attached hydrogens (tertiary/aromatic N) is 3. The molecule has 4 bridgehead atoms. The van der Waals surface area contributed by atoms with Crippen LogP contribution in [0.2, 0.25) is 10.0 Å². The van der Waals surface area contributed by atoms with E-state index in [1.807, 2.05) is 0 Å². The lowest BCUT2D eigenvalue weighted by Crippen LogP contribution is -2.55. The Balaban J connectivity index is 1.54. The van der Waals surface area contributed by atoms with Crippen molar-refractivity contribution in [3.05, 3.63) is 26.6 Å². The van der Waals surface area contributed by atoms with E-state index >= 15 is 0 Å². The lowest BCUT2D eigenvalue weighted by molar-refractivity contribution is -0.0671. The molecule has 1 heterocycles. The highest BCUT2D eigenvalue weighted by Crippen LogP contribution is 2.54. The number of rotatable bonds is 3. The van der Waals surface area contributed by atoms with Crippen LogP contribution < -0.4 is 5.56 Å². The van der Waals surface area contributed by atoms with E-state index < -0.39 is 0 Å². The summed E-state index contributed by atoms with van der Waals surface area (Å²) in [5.74, 6) is 3.50. The van der Waals surface area contributed by atoms with Gasteiger partial charge < -0.3 is 0 Å². The van der Waals surface area contributed by atoms with Crippen LogP contribution in [0.5, 0.6) is 0 Å². The van der Waals surface area contributed by atoms with Crippen molar-refractivity contribution in [3.63, 3.8) is 0 Å². The molecular formula is C16H21Cl2N3O. The zero-order valence-corrected chi connectivity index (χ0v) is 14.2. The predicted octanol–water partition coefficient (Wildman–Crippen LogP) is 3.26. The van der Waals surface area contributed by atoms with Crippen molar-refractivity contribution < 1.29 is 0 Å². The van der Waals surface area contributed by atoms with E-state index in [0.29, 0.717) is 12.7 Å². The summed E-state index contributed by atoms with van der Waals surface area (Å²) in [6.45, 7) is 0.489. The summed E-state index contributed by atoms with van der Waals surface area (Å²) in [4.78, 5) is 14.5. The Bertz CT molecular complexity index is 617. The summed E-state index contributed by atoms with van der Waals surface area (Å²) in [5.41, 5.74) is -0.301. The molecule has 0 N–H and O–H groups in total. The van der Waals surface area contributed by atoms with Crippen LogP contribution in [0.25, 0.3) is 0 Å². The van der Waals surface area contributed by atoms with Crippen LogP contribution in [0.3, 0.4) is 0 Å². The molecular weight excluding hydrogens is 321 g/mol. The van der Waals surface area contributed by atoms with Gasteiger partial charge >= 0.3 is 0 Å². The van der Waals surface area contributed by atoms with Crippen LogP contribution in [0.15, 0.2) is 11.0 Å². The van der Waals surface area contributed by atoms with E-state index in [0.717, 1.165) is 23.7 Å². The quantitative estimate of drug-likeness (QED) is 0.846. The van der Waals surface area contributed by atoms with Crippen LogP contribution >= 0.6 is 23.2 Å². The molecule has 0 spiro atoms. The van der Waals surface area contributed by atoms with Gasteiger partial charge in [0.2, 0.25) is 0 Å². The largest absolute Gasteiger partial charge is 0.288 e. The molecule has 6 heteroatoms. The van der Waals surface area contributed by atoms with Crippen molar-refractivity contribution in [2.75, 3.05) is 7.05 Å². The molecule has 5 rings (SSSR count). The average molecular weight is 342 g/mol. The predicted molar refractivity (Wildman–Crippen MR) is 87.1 cm³/mol. The third-order valence-corrected chi connectivity index (χ3v) is 6.73. The third kappa shape index (κ3) is 2.40. The molecule has 4 saturated carbocycles. The van der Waals surface area contributed by atoms with E-state index in [2.05, 4.69) is 17.0 Å². The topological polar surface area (TPSA) is 38.1 Å². The highest BCUT2D eigenvalue weighted by atomic mass is 35.5. The third-order valence-electron chi connectivity index (χ3n) is 5.99. The fourth-order valence-corrected chi connectivity index (χ4v) is 5.74. The van der Waals surface area contributed by atoms with Gasteiger partial charge in [-0.05, 0) is 62.8 Å². The van der Waals surface area contributed by atoms with E-state index in [4.69, 9.17) is 23.2 Å². The maximum absolute atomic E-state index is 12.2. The molecule has 1 aromatic heterocycles. The fraction of sp³-hybridized carbons (Fsp3) is 0.750. The summed E-state index contributed by atoms with van der Waals surface area (Å²) in [7, 11) is 2.11. The summed E-state index contributed by atoms with van der Waals surface area (Å²) in [6, 6.07) is 0.580. The van der Waals surface area contributed by atoms with Gasteiger partial charge in [0.15, 0.2) is 0 Å². The molecule has 0 saturated heterocycles. The van der Waals surface area contributed by atoms with E-state index in [1.165, 1.54) is 43.0 Å². The molecule has 0 aliphatic heterocycles. The summed E-state index contributed by atoms with van der Waals surface area (Å²) in [6.07, 6.45) is 8.38. The van der Waals surface area contributed by atoms with Crippen molar-refractivity contribution in [1.82, 2.24) is 14.7 Å². The second kappa shape index (κ2) is 5.50. The molecule has 4 fully saturated rings. The number of halogens is 2. The number of hydrogen-bond acceptors (Lipinski definition) is 3. The first-order valence-electron chi connectivity index (χ1n) is 8.14. The van der Waals surface area contributed by atoms with Gasteiger partial charge in [0.1, 0.15) is 5.02 Å². The molecule has 0 unspecified atom stereocenters. The Morgan fingerprint density at radius 1 is 1.18 bits per heavy atom. The van der Waals surface area contributed by atoms with Gasteiger partial charge in [-0.1, -0.05) is 23.2 Å². The van der Waals surface area contributed by atoms with E-state index in [1.54, 1.807) is 0 Å². The summed E-state index contributed by atoms with van der Waals surface area (Å²) >= 11 is 11.8. The molecule has 0 radical (unpaired) electrons. The van der Waals surface area contributed by atoms with Crippen molar-refractivity contribution in [1.29, 1.82) is 0 Å². The molecule has 120 valence electrons. The molecule has 0 aromatic carbocycles. The molecule has 4 aliphatic carbocycles. The van der Waals surface area contributed by atoms with Crippen LogP contribution in [0, 0.1) is 23.7 Å². The van der Waals surface area contributed by atoms with Crippen LogP contribution in [0.4, 0.5) is 0 Å². The smallest absolute Gasteiger partial charge is 0.284 e. The number of hydrogen-bond donors (Lipinski definition) is 0. The molecule has 0 amide bonds. The minimum absolute atomic E-state index is 0.0650. The maximum atomic E-state index is 12.2. The van der Waals surface area contributed by atoms with Gasteiger partial charge in [0, 0.05) is 6.04 Å². The van der Waals surface area contributed by atoms with E-state index in [9.17, 15) is 4.79 Å². The van der Waals surface area contributed by atoms with Crippen LogP contribution in [-0.4, -0.2) is 27.8 Å². The van der Waals surface area contributed by atoms with Crippen molar-refractivity contribution in [3.8, 4) is 0 Å². The van der Waals surface area contributed by atoms with Gasteiger partial charge in [-0.15, -0.1) is 0 Å². The molecule has 22 heavy (non-hydrogen) atoms. The minimum Gasteiger partial charge on any atom is -0.284 e. The van der Waals surface area contributed by atoms with Gasteiger partial charge in [-0.3, -0.25) is 9.69 Å². The minimum atomic E-state index is -0.301. The Morgan fingerprint density at radius 2 is 1.77 bits per heavy atom. The lowest BCUT2D eigenvalue weighted by Gasteiger charge is -2.56. The van der Waals surface area contributed by atoms with Crippen molar-refractivity contribution in [2.45, 2.75) is 44.8 Å². The first-order chi connectivity index (χ1) is 10.5. The van der Waals surface area contributed by atoms with Gasteiger partial charge in [-0.2, -0.15) is 5.10 Å². The highest BCUT2D eigenvalue weighted by Gasteiger charge is 2.49. The number of aromatic nitrogens is 2. The fourth-order valence-electron chi connectivity index (χ4n) is 5.47. The Labute approximate surface area is 140 Å². The maximum Gasteiger partial charge on any atom is 0.288 e. The summed E-state index contributed by atoms with van der Waals surface area (Å²) < 4.78 is 1.43. The molecule has 1 aromatic rings. The molecule has 0 atom stereocenters. The van der Waals surface area contributed by atoms with Crippen LogP contribution in [0.1, 0.15) is 32.1 Å². The summed E-state index contributed by atoms with van der Waals surface area (Å²) in [5, 5.41) is 4.42. The van der Waals surface area contributed by atoms with Gasteiger partial charge in [0.25, 0.3) is 5.56 Å². The monoisotopic (exact) mass is 341 g/mol. The van der Waals surface area contributed by atoms with Gasteiger partial charge in [0.05, 0.1) is 17.9 Å². The molecule has 4 nitrogen and oxygen atoms in total. The first-order valence-corrected chi connectivity index (χ1v) is 8.90. The van der Waals surface area contributed by atoms with Gasteiger partial charge in [-0.25, -0.2) is 4.68 Å². The normalized spacial score (nSPS) is 36.3. The zero-order chi connectivity index (χ0) is 15.4. The average Bonchev–Trinajstić information content (AvgIpc) is 2.47.